The fourth-order valence-electron chi connectivity index (χ4n) is 2.97. The van der Waals surface area contributed by atoms with Crippen molar-refractivity contribution in [2.24, 2.45) is 5.10 Å². The molecule has 0 radical (unpaired) electrons. The molecule has 3 aromatic carbocycles. The van der Waals surface area contributed by atoms with E-state index in [1.807, 2.05) is 65.2 Å². The van der Waals surface area contributed by atoms with Gasteiger partial charge in [-0.15, -0.1) is 10.2 Å². The number of nitrogens with one attached hydrogen (secondary N) is 2. The van der Waals surface area contributed by atoms with Crippen LogP contribution in [-0.2, 0) is 11.3 Å². The number of halogens is 1. The summed E-state index contributed by atoms with van der Waals surface area (Å²) in [4.78, 5) is 12.3. The van der Waals surface area contributed by atoms with Crippen molar-refractivity contribution >= 4 is 29.6 Å². The van der Waals surface area contributed by atoms with Gasteiger partial charge in [-0.2, -0.15) is 5.10 Å². The summed E-state index contributed by atoms with van der Waals surface area (Å²) in [5, 5.41) is 16.5. The van der Waals surface area contributed by atoms with E-state index in [4.69, 9.17) is 0 Å². The van der Waals surface area contributed by atoms with Gasteiger partial charge in [0.25, 0.3) is 5.91 Å². The number of hydrogen-bond donors (Lipinski definition) is 2. The van der Waals surface area contributed by atoms with Crippen LogP contribution in [0.25, 0.3) is 5.69 Å². The maximum absolute atomic E-state index is 13.0. The molecule has 33 heavy (non-hydrogen) atoms. The molecule has 0 spiro atoms. The highest BCUT2D eigenvalue weighted by Gasteiger charge is 2.15. The van der Waals surface area contributed by atoms with Crippen LogP contribution >= 0.6 is 11.8 Å². The summed E-state index contributed by atoms with van der Waals surface area (Å²) in [7, 11) is 0. The third-order valence-electron chi connectivity index (χ3n) is 4.54. The summed E-state index contributed by atoms with van der Waals surface area (Å²) in [6, 6.07) is 25.4. The van der Waals surface area contributed by atoms with Crippen molar-refractivity contribution in [3.63, 3.8) is 0 Å². The minimum Gasteiger partial charge on any atom is -0.378 e. The van der Waals surface area contributed by atoms with Gasteiger partial charge in [0.05, 0.1) is 18.5 Å². The van der Waals surface area contributed by atoms with Gasteiger partial charge in [0.15, 0.2) is 11.0 Å². The molecule has 0 aliphatic heterocycles. The van der Waals surface area contributed by atoms with Crippen molar-refractivity contribution in [2.75, 3.05) is 11.1 Å². The van der Waals surface area contributed by atoms with Gasteiger partial charge in [-0.1, -0.05) is 60.3 Å². The van der Waals surface area contributed by atoms with E-state index in [9.17, 15) is 9.18 Å². The maximum atomic E-state index is 13.0. The van der Waals surface area contributed by atoms with E-state index in [-0.39, 0.29) is 17.5 Å². The summed E-state index contributed by atoms with van der Waals surface area (Å²) in [5.41, 5.74) is 5.05. The van der Waals surface area contributed by atoms with E-state index in [1.165, 1.54) is 30.1 Å². The molecule has 0 fully saturated rings. The minimum atomic E-state index is -0.326. The van der Waals surface area contributed by atoms with E-state index in [0.717, 1.165) is 17.2 Å². The molecule has 0 saturated carbocycles. The van der Waals surface area contributed by atoms with Crippen molar-refractivity contribution in [1.29, 1.82) is 0 Å². The normalized spacial score (nSPS) is 10.9. The highest BCUT2D eigenvalue weighted by molar-refractivity contribution is 7.99. The van der Waals surface area contributed by atoms with Crippen LogP contribution in [0.5, 0.6) is 0 Å². The molecule has 0 bridgehead atoms. The van der Waals surface area contributed by atoms with Crippen LogP contribution in [0.15, 0.2) is 95.2 Å². The molecule has 0 saturated heterocycles. The number of benzene rings is 3. The zero-order valence-corrected chi connectivity index (χ0v) is 18.4. The number of hydrazone groups is 1. The summed E-state index contributed by atoms with van der Waals surface area (Å²) < 4.78 is 14.9. The number of anilines is 1. The molecule has 7 nitrogen and oxygen atoms in total. The third-order valence-corrected chi connectivity index (χ3v) is 5.47. The Kier molecular flexibility index (Phi) is 7.44. The molecule has 0 atom stereocenters. The highest BCUT2D eigenvalue weighted by Crippen LogP contribution is 2.22. The molecule has 2 N–H and O–H groups in total. The van der Waals surface area contributed by atoms with E-state index < -0.39 is 0 Å². The number of carbonyl (C=O) groups excluding carboxylic acids is 1. The zero-order valence-electron chi connectivity index (χ0n) is 17.6. The fourth-order valence-corrected chi connectivity index (χ4v) is 3.74. The van der Waals surface area contributed by atoms with Crippen LogP contribution in [0, 0.1) is 5.82 Å². The average molecular weight is 461 g/mol. The first kappa shape index (κ1) is 22.2. The second-order valence-electron chi connectivity index (χ2n) is 6.92. The van der Waals surface area contributed by atoms with Crippen LogP contribution < -0.4 is 10.7 Å². The molecular weight excluding hydrogens is 439 g/mol. The van der Waals surface area contributed by atoms with E-state index >= 15 is 0 Å². The molecule has 9 heteroatoms. The number of nitrogens with zero attached hydrogens (tertiary/aromatic N) is 4. The predicted octanol–water partition coefficient (Wildman–Crippen LogP) is 4.26. The van der Waals surface area contributed by atoms with Crippen molar-refractivity contribution in [1.82, 2.24) is 20.2 Å². The topological polar surface area (TPSA) is 84.2 Å². The number of hydrogen-bond acceptors (Lipinski definition) is 6. The number of thioether (sulfide) groups is 1. The Labute approximate surface area is 194 Å². The van der Waals surface area contributed by atoms with E-state index in [0.29, 0.717) is 17.3 Å². The molecule has 0 aliphatic carbocycles. The molecule has 4 rings (SSSR count). The predicted molar refractivity (Wildman–Crippen MR) is 128 cm³/mol. The highest BCUT2D eigenvalue weighted by atomic mass is 32.2. The second kappa shape index (κ2) is 11.1. The Balaban J connectivity index is 1.41. The molecular formula is C24H21FN6OS. The molecule has 1 aromatic heterocycles. The lowest BCUT2D eigenvalue weighted by Crippen LogP contribution is -2.20. The standard InChI is InChI=1S/C24H21FN6OS/c25-19-13-11-18(12-14-19)15-27-29-23(32)17-33-24-30-28-22(16-26-20-7-3-1-4-8-20)31(24)21-9-5-2-6-10-21/h1-15,26H,16-17H2,(H,29,32)/b27-15-. The van der Waals surface area contributed by atoms with Crippen molar-refractivity contribution in [2.45, 2.75) is 11.7 Å². The number of carbonyl (C=O) groups is 1. The quantitative estimate of drug-likeness (QED) is 0.222. The lowest BCUT2D eigenvalue weighted by Gasteiger charge is -2.11. The van der Waals surface area contributed by atoms with Gasteiger partial charge in [0.1, 0.15) is 5.82 Å². The molecule has 1 heterocycles. The summed E-state index contributed by atoms with van der Waals surface area (Å²) in [6.07, 6.45) is 1.46. The second-order valence-corrected chi connectivity index (χ2v) is 7.87. The lowest BCUT2D eigenvalue weighted by molar-refractivity contribution is -0.118. The summed E-state index contributed by atoms with van der Waals surface area (Å²) in [5.74, 6) is 0.221. The largest absolute Gasteiger partial charge is 0.378 e. The first-order chi connectivity index (χ1) is 16.2. The van der Waals surface area contributed by atoms with Gasteiger partial charge >= 0.3 is 0 Å². The van der Waals surface area contributed by atoms with Gasteiger partial charge < -0.3 is 5.32 Å². The number of para-hydroxylation sites is 2. The molecule has 4 aromatic rings. The molecule has 166 valence electrons. The summed E-state index contributed by atoms with van der Waals surface area (Å²) >= 11 is 1.27. The number of amides is 1. The smallest absolute Gasteiger partial charge is 0.250 e. The Morgan fingerprint density at radius 1 is 0.970 bits per heavy atom. The van der Waals surface area contributed by atoms with E-state index in [2.05, 4.69) is 26.0 Å². The van der Waals surface area contributed by atoms with Gasteiger partial charge in [-0.3, -0.25) is 9.36 Å². The van der Waals surface area contributed by atoms with Crippen LogP contribution in [0.2, 0.25) is 0 Å². The first-order valence-electron chi connectivity index (χ1n) is 10.2. The Bertz CT molecular complexity index is 1210. The van der Waals surface area contributed by atoms with Crippen LogP contribution in [-0.4, -0.2) is 32.6 Å². The van der Waals surface area contributed by atoms with Gasteiger partial charge in [0, 0.05) is 11.4 Å². The monoisotopic (exact) mass is 460 g/mol. The maximum Gasteiger partial charge on any atom is 0.250 e. The Morgan fingerprint density at radius 3 is 2.39 bits per heavy atom. The number of rotatable bonds is 9. The lowest BCUT2D eigenvalue weighted by atomic mass is 10.2. The van der Waals surface area contributed by atoms with Gasteiger partial charge in [-0.25, -0.2) is 9.82 Å². The van der Waals surface area contributed by atoms with Crippen LogP contribution in [0.4, 0.5) is 10.1 Å². The van der Waals surface area contributed by atoms with Crippen LogP contribution in [0.3, 0.4) is 0 Å². The summed E-state index contributed by atoms with van der Waals surface area (Å²) in [6.45, 7) is 0.473. The average Bonchev–Trinajstić information content (AvgIpc) is 3.27. The first-order valence-corrected chi connectivity index (χ1v) is 11.2. The Hall–Kier alpha value is -3.98. The third kappa shape index (κ3) is 6.27. The zero-order chi connectivity index (χ0) is 22.9. The SMILES string of the molecule is O=C(CSc1nnc(CNc2ccccc2)n1-c1ccccc1)N/N=C\c1ccc(F)cc1. The van der Waals surface area contributed by atoms with Crippen molar-refractivity contribution in [3.8, 4) is 5.69 Å². The number of aromatic nitrogens is 3. The Morgan fingerprint density at radius 2 is 1.67 bits per heavy atom. The van der Waals surface area contributed by atoms with Crippen molar-refractivity contribution < 1.29 is 9.18 Å². The molecule has 0 aliphatic rings. The van der Waals surface area contributed by atoms with Gasteiger partial charge in [0.2, 0.25) is 0 Å². The van der Waals surface area contributed by atoms with E-state index in [1.54, 1.807) is 12.1 Å². The molecule has 0 unspecified atom stereocenters. The van der Waals surface area contributed by atoms with Gasteiger partial charge in [-0.05, 0) is 42.0 Å². The fraction of sp³-hybridized carbons (Fsp3) is 0.0833. The molecule has 1 amide bonds. The van der Waals surface area contributed by atoms with Crippen LogP contribution in [0.1, 0.15) is 11.4 Å². The minimum absolute atomic E-state index is 0.109. The van der Waals surface area contributed by atoms with Crippen molar-refractivity contribution in [3.05, 3.63) is 102 Å².